The summed E-state index contributed by atoms with van der Waals surface area (Å²) < 4.78 is 0. The molecule has 0 unspecified atom stereocenters. The summed E-state index contributed by atoms with van der Waals surface area (Å²) in [5.41, 5.74) is 10.3. The van der Waals surface area contributed by atoms with Gasteiger partial charge in [-0.3, -0.25) is 0 Å². The molecule has 2 heterocycles. The van der Waals surface area contributed by atoms with E-state index in [0.29, 0.717) is 23.7 Å². The number of anilines is 2. The molecule has 230 valence electrons. The second-order valence-electron chi connectivity index (χ2n) is 11.9. The van der Waals surface area contributed by atoms with Gasteiger partial charge < -0.3 is 26.6 Å². The maximum absolute atomic E-state index is 6.25. The molecule has 0 spiro atoms. The summed E-state index contributed by atoms with van der Waals surface area (Å²) in [7, 11) is 0. The van der Waals surface area contributed by atoms with Gasteiger partial charge in [-0.2, -0.15) is 0 Å². The molecule has 0 aliphatic carbocycles. The van der Waals surface area contributed by atoms with E-state index in [1.807, 2.05) is 42.5 Å². The Morgan fingerprint density at radius 2 is 1.05 bits per heavy atom. The van der Waals surface area contributed by atoms with Crippen molar-refractivity contribution < 1.29 is 20.1 Å². The Balaban J connectivity index is 0.000000375. The van der Waals surface area contributed by atoms with E-state index in [4.69, 9.17) is 11.8 Å². The van der Waals surface area contributed by atoms with E-state index >= 15 is 0 Å². The van der Waals surface area contributed by atoms with E-state index < -0.39 is 0 Å². The zero-order chi connectivity index (χ0) is 31.5. The Morgan fingerprint density at radius 3 is 1.39 bits per heavy atom. The zero-order valence-electron chi connectivity index (χ0n) is 27.2. The van der Waals surface area contributed by atoms with Gasteiger partial charge in [-0.05, 0) is 70.1 Å². The molecule has 1 aliphatic heterocycles. The van der Waals surface area contributed by atoms with Crippen LogP contribution in [0.3, 0.4) is 0 Å². The van der Waals surface area contributed by atoms with Crippen molar-refractivity contribution >= 4 is 11.4 Å². The predicted octanol–water partition coefficient (Wildman–Crippen LogP) is 10.7. The molecular formula is C39H45IrN4. The van der Waals surface area contributed by atoms with Gasteiger partial charge in [0.2, 0.25) is 0 Å². The minimum absolute atomic E-state index is 0. The molecule has 5 rings (SSSR count). The summed E-state index contributed by atoms with van der Waals surface area (Å²) in [6.45, 7) is 25.3. The van der Waals surface area contributed by atoms with Crippen LogP contribution < -0.4 is 9.80 Å². The molecule has 1 aliphatic rings. The van der Waals surface area contributed by atoms with Crippen LogP contribution in [0.5, 0.6) is 0 Å². The summed E-state index contributed by atoms with van der Waals surface area (Å²) in [5, 5.41) is 6.25. The maximum atomic E-state index is 6.25. The first-order chi connectivity index (χ1) is 20.7. The van der Waals surface area contributed by atoms with Crippen molar-refractivity contribution in [2.24, 2.45) is 0 Å². The smallest absolute Gasteiger partial charge is 0.512 e. The molecule has 0 bridgehead atoms. The molecule has 44 heavy (non-hydrogen) atoms. The zero-order valence-corrected chi connectivity index (χ0v) is 29.6. The molecule has 0 atom stereocenters. The molecule has 0 saturated carbocycles. The summed E-state index contributed by atoms with van der Waals surface area (Å²) in [6.07, 6.45) is 6.22. The van der Waals surface area contributed by atoms with E-state index in [9.17, 15) is 0 Å². The van der Waals surface area contributed by atoms with Crippen LogP contribution in [-0.2, 0) is 20.1 Å². The van der Waals surface area contributed by atoms with Gasteiger partial charge in [-0.15, -0.1) is 42.6 Å². The number of hydrogen-bond donors (Lipinski definition) is 0. The van der Waals surface area contributed by atoms with Gasteiger partial charge >= 0.3 is 20.1 Å². The van der Waals surface area contributed by atoms with Gasteiger partial charge in [0.05, 0.1) is 0 Å². The molecule has 0 radical (unpaired) electrons. The first-order valence-corrected chi connectivity index (χ1v) is 15.1. The topological polar surface area (TPSA) is 43.2 Å². The fourth-order valence-electron chi connectivity index (χ4n) is 5.31. The first kappa shape index (κ1) is 36.5. The average Bonchev–Trinajstić information content (AvgIpc) is 3.52. The van der Waals surface area contributed by atoms with Crippen molar-refractivity contribution in [3.63, 3.8) is 0 Å². The van der Waals surface area contributed by atoms with Gasteiger partial charge in [0, 0.05) is 17.6 Å². The largest absolute Gasteiger partial charge is 3.00 e. The summed E-state index contributed by atoms with van der Waals surface area (Å²) >= 11 is 0. The molecule has 5 heteroatoms. The number of rotatable bonds is 7. The summed E-state index contributed by atoms with van der Waals surface area (Å²) in [6, 6.07) is 30.3. The number of para-hydroxylation sites is 2. The van der Waals surface area contributed by atoms with Crippen LogP contribution >= 0.6 is 0 Å². The van der Waals surface area contributed by atoms with E-state index in [1.54, 1.807) is 6.20 Å². The molecule has 4 nitrogen and oxygen atoms in total. The van der Waals surface area contributed by atoms with Gasteiger partial charge in [-0.25, -0.2) is 0 Å². The Morgan fingerprint density at radius 1 is 0.614 bits per heavy atom. The third kappa shape index (κ3) is 8.91. The van der Waals surface area contributed by atoms with Gasteiger partial charge in [0.25, 0.3) is 0 Å². The van der Waals surface area contributed by atoms with Gasteiger partial charge in [0.15, 0.2) is 0 Å². The van der Waals surface area contributed by atoms with Gasteiger partial charge in [0.1, 0.15) is 0 Å². The first-order valence-electron chi connectivity index (χ1n) is 15.1. The second kappa shape index (κ2) is 17.6. The Labute approximate surface area is 279 Å². The van der Waals surface area contributed by atoms with Crippen molar-refractivity contribution in [1.29, 1.82) is 5.26 Å². The third-order valence-electron chi connectivity index (χ3n) is 7.49. The van der Waals surface area contributed by atoms with E-state index in [1.165, 1.54) is 33.6 Å². The Hall–Kier alpha value is -3.71. The minimum Gasteiger partial charge on any atom is -0.512 e. The number of hydrogen-bond acceptors (Lipinski definition) is 4. The molecular weight excluding hydrogens is 717 g/mol. The van der Waals surface area contributed by atoms with Crippen LogP contribution in [0.2, 0.25) is 0 Å². The standard InChI is InChI=1S/C27H37N2.C11H8N.CN.Ir/c1-18(2)22-11-9-12-23(19(3)4)26(22)28-15-16-29(17-28)27-24(20(5)6)13-10-14-25(27)21(7)8;1-2-6-10(7-3-1)11-8-4-5-9-12-11;1-2;/h9-21H,1-8H3;1-6,8-9H;;/q3*-1;+3. The number of benzene rings is 3. The molecule has 1 aromatic heterocycles. The molecule has 3 aromatic carbocycles. The summed E-state index contributed by atoms with van der Waals surface area (Å²) in [4.78, 5) is 8.87. The van der Waals surface area contributed by atoms with Crippen LogP contribution in [0, 0.1) is 24.6 Å². The van der Waals surface area contributed by atoms with Crippen LogP contribution in [0.15, 0.2) is 97.5 Å². The number of aromatic nitrogens is 1. The normalized spacial score (nSPS) is 12.1. The fraction of sp³-hybridized carbons (Fsp3) is 0.308. The second-order valence-corrected chi connectivity index (χ2v) is 11.9. The van der Waals surface area contributed by atoms with Crippen LogP contribution in [0.4, 0.5) is 11.4 Å². The van der Waals surface area contributed by atoms with Crippen molar-refractivity contribution in [2.45, 2.75) is 79.1 Å². The van der Waals surface area contributed by atoms with Crippen molar-refractivity contribution in [3.8, 4) is 11.3 Å². The van der Waals surface area contributed by atoms with Crippen LogP contribution in [0.1, 0.15) is 101 Å². The van der Waals surface area contributed by atoms with Crippen molar-refractivity contribution in [3.05, 3.63) is 139 Å². The Bertz CT molecular complexity index is 1310. The molecule has 0 fully saturated rings. The van der Waals surface area contributed by atoms with E-state index in [-0.39, 0.29) is 20.1 Å². The van der Waals surface area contributed by atoms with Crippen molar-refractivity contribution in [1.82, 2.24) is 4.98 Å². The van der Waals surface area contributed by atoms with E-state index in [0.717, 1.165) is 11.3 Å². The van der Waals surface area contributed by atoms with Crippen LogP contribution in [-0.4, -0.2) is 4.98 Å². The number of nitrogens with zero attached hydrogens (tertiary/aromatic N) is 4. The monoisotopic (exact) mass is 762 g/mol. The van der Waals surface area contributed by atoms with Gasteiger partial charge in [-0.1, -0.05) is 104 Å². The quantitative estimate of drug-likeness (QED) is 0.176. The minimum atomic E-state index is 0. The molecule has 0 saturated heterocycles. The average molecular weight is 762 g/mol. The van der Waals surface area contributed by atoms with Crippen LogP contribution in [0.25, 0.3) is 11.3 Å². The molecule has 0 amide bonds. The third-order valence-corrected chi connectivity index (χ3v) is 7.49. The molecule has 0 N–H and O–H groups in total. The maximum Gasteiger partial charge on any atom is 3.00 e. The molecule has 4 aromatic rings. The van der Waals surface area contributed by atoms with E-state index in [2.05, 4.69) is 132 Å². The SMILES string of the molecule is CC(C)c1cccc(C(C)C)c1N1C=CN(c2c(C(C)C)cccc2C(C)C)[CH-]1.[C-]#N.[Ir+3].[c-]1ccccc1-c1ccccn1. The predicted molar refractivity (Wildman–Crippen MR) is 181 cm³/mol. The van der Waals surface area contributed by atoms with Crippen molar-refractivity contribution in [2.75, 3.05) is 9.80 Å². The summed E-state index contributed by atoms with van der Waals surface area (Å²) in [5.74, 6) is 1.92. The number of pyridine rings is 1. The Kier molecular flexibility index (Phi) is 14.6. The fourth-order valence-corrected chi connectivity index (χ4v) is 5.31.